The predicted octanol–water partition coefficient (Wildman–Crippen LogP) is 4.45. The van der Waals surface area contributed by atoms with Gasteiger partial charge in [0.15, 0.2) is 0 Å². The van der Waals surface area contributed by atoms with Crippen LogP contribution in [0.2, 0.25) is 0 Å². The Hall–Kier alpha value is -2.86. The summed E-state index contributed by atoms with van der Waals surface area (Å²) < 4.78 is 10.9. The first-order valence-corrected chi connectivity index (χ1v) is 11.1. The van der Waals surface area contributed by atoms with Gasteiger partial charge in [-0.25, -0.2) is 9.59 Å². The highest BCUT2D eigenvalue weighted by Gasteiger charge is 2.42. The first-order valence-electron chi connectivity index (χ1n) is 10.3. The summed E-state index contributed by atoms with van der Waals surface area (Å²) >= 11 is 1.64. The number of hydrogen-bond acceptors (Lipinski definition) is 6. The number of rotatable bonds is 7. The van der Waals surface area contributed by atoms with Crippen molar-refractivity contribution in [3.05, 3.63) is 80.3 Å². The molecule has 0 radical (unpaired) electrons. The van der Waals surface area contributed by atoms with Crippen LogP contribution in [0.3, 0.4) is 0 Å². The molecular formula is C24H25NO4S. The van der Waals surface area contributed by atoms with Crippen LogP contribution in [0.15, 0.2) is 64.3 Å². The van der Waals surface area contributed by atoms with Crippen molar-refractivity contribution in [1.29, 1.82) is 0 Å². The molecule has 0 bridgehead atoms. The van der Waals surface area contributed by atoms with Crippen LogP contribution < -0.4 is 5.32 Å². The third-order valence-electron chi connectivity index (χ3n) is 5.46. The van der Waals surface area contributed by atoms with Crippen molar-refractivity contribution in [3.63, 3.8) is 0 Å². The van der Waals surface area contributed by atoms with Gasteiger partial charge in [0.05, 0.1) is 29.4 Å². The highest BCUT2D eigenvalue weighted by Crippen LogP contribution is 2.44. The van der Waals surface area contributed by atoms with E-state index in [4.69, 9.17) is 9.47 Å². The van der Waals surface area contributed by atoms with E-state index >= 15 is 0 Å². The zero-order chi connectivity index (χ0) is 21.1. The van der Waals surface area contributed by atoms with Gasteiger partial charge >= 0.3 is 11.9 Å². The van der Waals surface area contributed by atoms with Gasteiger partial charge in [-0.3, -0.25) is 0 Å². The Kier molecular flexibility index (Phi) is 6.04. The molecule has 0 fully saturated rings. The summed E-state index contributed by atoms with van der Waals surface area (Å²) in [6.45, 7) is 4.49. The van der Waals surface area contributed by atoms with E-state index in [-0.39, 0.29) is 18.5 Å². The minimum atomic E-state index is -0.477. The van der Waals surface area contributed by atoms with E-state index < -0.39 is 5.92 Å². The summed E-state index contributed by atoms with van der Waals surface area (Å²) in [5, 5.41) is 5.23. The largest absolute Gasteiger partial charge is 0.462 e. The van der Waals surface area contributed by atoms with Crippen molar-refractivity contribution >= 4 is 23.3 Å². The van der Waals surface area contributed by atoms with Crippen LogP contribution in [-0.4, -0.2) is 25.2 Å². The van der Waals surface area contributed by atoms with Gasteiger partial charge in [0.25, 0.3) is 0 Å². The Bertz CT molecular complexity index is 1020. The first kappa shape index (κ1) is 20.4. The normalized spacial score (nSPS) is 18.2. The Morgan fingerprint density at radius 1 is 1.27 bits per heavy atom. The van der Waals surface area contributed by atoms with Crippen LogP contribution in [-0.2, 0) is 25.5 Å². The molecule has 156 valence electrons. The van der Waals surface area contributed by atoms with Crippen molar-refractivity contribution in [1.82, 2.24) is 5.32 Å². The molecule has 4 rings (SSSR count). The van der Waals surface area contributed by atoms with E-state index in [2.05, 4.69) is 24.4 Å². The second-order valence-corrected chi connectivity index (χ2v) is 8.52. The van der Waals surface area contributed by atoms with Gasteiger partial charge < -0.3 is 14.8 Å². The van der Waals surface area contributed by atoms with Crippen molar-refractivity contribution in [2.75, 3.05) is 13.2 Å². The third-order valence-corrected chi connectivity index (χ3v) is 6.40. The van der Waals surface area contributed by atoms with E-state index in [0.717, 1.165) is 41.1 Å². The van der Waals surface area contributed by atoms with E-state index in [1.807, 2.05) is 36.6 Å². The number of esters is 2. The van der Waals surface area contributed by atoms with Gasteiger partial charge in [0.2, 0.25) is 0 Å². The number of benzene rings is 1. The minimum Gasteiger partial charge on any atom is -0.462 e. The Labute approximate surface area is 180 Å². The van der Waals surface area contributed by atoms with Gasteiger partial charge in [-0.1, -0.05) is 43.7 Å². The number of carbonyl (C=O) groups excluding carboxylic acids is 2. The molecule has 0 saturated heterocycles. The number of carbonyl (C=O) groups is 2. The number of hydrogen-bond donors (Lipinski definition) is 1. The van der Waals surface area contributed by atoms with Crippen LogP contribution >= 0.6 is 11.3 Å². The molecule has 3 heterocycles. The average Bonchev–Trinajstić information content (AvgIpc) is 3.34. The van der Waals surface area contributed by atoms with Gasteiger partial charge in [-0.2, -0.15) is 0 Å². The van der Waals surface area contributed by atoms with E-state index in [9.17, 15) is 9.59 Å². The molecule has 0 amide bonds. The van der Waals surface area contributed by atoms with E-state index in [1.54, 1.807) is 11.3 Å². The van der Waals surface area contributed by atoms with Crippen LogP contribution in [0.4, 0.5) is 0 Å². The van der Waals surface area contributed by atoms with Gasteiger partial charge in [0.1, 0.15) is 6.61 Å². The number of unbranched alkanes of at least 4 members (excludes halogenated alkanes) is 1. The quantitative estimate of drug-likeness (QED) is 0.526. The molecule has 0 spiro atoms. The Morgan fingerprint density at radius 3 is 2.83 bits per heavy atom. The molecule has 1 unspecified atom stereocenters. The molecule has 2 aliphatic rings. The summed E-state index contributed by atoms with van der Waals surface area (Å²) in [4.78, 5) is 26.8. The number of cyclic esters (lactones) is 1. The van der Waals surface area contributed by atoms with Crippen molar-refractivity contribution in [3.8, 4) is 0 Å². The van der Waals surface area contributed by atoms with Crippen LogP contribution in [0.5, 0.6) is 0 Å². The SMILES string of the molecule is CCCCOC(=O)C1=C(C)NC2=C(C(=O)OC2)C1c1ccsc1Cc1ccccc1. The van der Waals surface area contributed by atoms with Gasteiger partial charge in [-0.05, 0) is 35.9 Å². The smallest absolute Gasteiger partial charge is 0.337 e. The molecule has 5 nitrogen and oxygen atoms in total. The zero-order valence-electron chi connectivity index (χ0n) is 17.2. The lowest BCUT2D eigenvalue weighted by molar-refractivity contribution is -0.139. The van der Waals surface area contributed by atoms with Crippen molar-refractivity contribution in [2.45, 2.75) is 39.0 Å². The number of thiophene rings is 1. The van der Waals surface area contributed by atoms with Crippen LogP contribution in [0.25, 0.3) is 0 Å². The monoisotopic (exact) mass is 423 g/mol. The lowest BCUT2D eigenvalue weighted by atomic mass is 9.80. The second-order valence-electron chi connectivity index (χ2n) is 7.52. The van der Waals surface area contributed by atoms with E-state index in [0.29, 0.717) is 17.8 Å². The molecule has 30 heavy (non-hydrogen) atoms. The number of nitrogens with one attached hydrogen (secondary N) is 1. The topological polar surface area (TPSA) is 64.6 Å². The zero-order valence-corrected chi connectivity index (χ0v) is 18.0. The molecule has 0 aliphatic carbocycles. The van der Waals surface area contributed by atoms with Crippen LogP contribution in [0, 0.1) is 0 Å². The first-order chi connectivity index (χ1) is 14.6. The molecule has 1 aromatic heterocycles. The van der Waals surface area contributed by atoms with Crippen molar-refractivity contribution in [2.24, 2.45) is 0 Å². The summed E-state index contributed by atoms with van der Waals surface area (Å²) in [5.41, 5.74) is 4.64. The average molecular weight is 424 g/mol. The van der Waals surface area contributed by atoms with Crippen LogP contribution in [0.1, 0.15) is 48.6 Å². The maximum Gasteiger partial charge on any atom is 0.337 e. The van der Waals surface area contributed by atoms with E-state index in [1.165, 1.54) is 5.56 Å². The Morgan fingerprint density at radius 2 is 2.07 bits per heavy atom. The highest BCUT2D eigenvalue weighted by atomic mass is 32.1. The predicted molar refractivity (Wildman–Crippen MR) is 116 cm³/mol. The highest BCUT2D eigenvalue weighted by molar-refractivity contribution is 7.10. The maximum absolute atomic E-state index is 13.1. The number of ether oxygens (including phenoxy) is 2. The Balaban J connectivity index is 1.74. The summed E-state index contributed by atoms with van der Waals surface area (Å²) in [5.74, 6) is -1.22. The molecule has 2 aromatic rings. The summed E-state index contributed by atoms with van der Waals surface area (Å²) in [7, 11) is 0. The lowest BCUT2D eigenvalue weighted by Gasteiger charge is -2.28. The fourth-order valence-corrected chi connectivity index (χ4v) is 4.92. The number of allylic oxidation sites excluding steroid dienone is 1. The van der Waals surface area contributed by atoms with Gasteiger partial charge in [0, 0.05) is 17.0 Å². The molecular weight excluding hydrogens is 398 g/mol. The lowest BCUT2D eigenvalue weighted by Crippen LogP contribution is -2.30. The fourth-order valence-electron chi connectivity index (χ4n) is 3.97. The summed E-state index contributed by atoms with van der Waals surface area (Å²) in [6, 6.07) is 12.2. The minimum absolute atomic E-state index is 0.207. The molecule has 6 heteroatoms. The maximum atomic E-state index is 13.1. The standard InChI is InChI=1S/C24H25NO4S/c1-3-4-11-28-23(26)20-15(2)25-18-14-29-24(27)22(18)21(20)17-10-12-30-19(17)13-16-8-6-5-7-9-16/h5-10,12,21,25H,3-4,11,13-14H2,1-2H3. The molecule has 1 N–H and O–H groups in total. The van der Waals surface area contributed by atoms with Crippen molar-refractivity contribution < 1.29 is 19.1 Å². The number of dihydropyridines is 1. The second kappa shape index (κ2) is 8.88. The van der Waals surface area contributed by atoms with Gasteiger partial charge in [-0.15, -0.1) is 11.3 Å². The third kappa shape index (κ3) is 3.92. The molecule has 2 aliphatic heterocycles. The molecule has 1 atom stereocenters. The molecule has 1 aromatic carbocycles. The fraction of sp³-hybridized carbons (Fsp3) is 0.333. The molecule has 0 saturated carbocycles. The summed E-state index contributed by atoms with van der Waals surface area (Å²) in [6.07, 6.45) is 2.50.